The van der Waals surface area contributed by atoms with Crippen LogP contribution >= 0.6 is 0 Å². The second kappa shape index (κ2) is 7.93. The molecule has 0 aliphatic carbocycles. The van der Waals surface area contributed by atoms with Crippen LogP contribution in [0.25, 0.3) is 0 Å². The first-order chi connectivity index (χ1) is 9.15. The second-order valence-electron chi connectivity index (χ2n) is 4.34. The summed E-state index contributed by atoms with van der Waals surface area (Å²) in [5.41, 5.74) is 0. The molecule has 0 aromatic carbocycles. The first-order valence-corrected chi connectivity index (χ1v) is 8.23. The van der Waals surface area contributed by atoms with Gasteiger partial charge < -0.3 is 23.9 Å². The highest BCUT2D eigenvalue weighted by Gasteiger charge is 2.50. The van der Waals surface area contributed by atoms with E-state index in [4.69, 9.17) is 13.3 Å². The molecule has 1 atom stereocenters. The Morgan fingerprint density at radius 1 is 1.26 bits per heavy atom. The Balaban J connectivity index is 2.87. The molecule has 0 bridgehead atoms. The molecule has 0 spiro atoms. The molecule has 1 aliphatic heterocycles. The van der Waals surface area contributed by atoms with Crippen LogP contribution in [0.2, 0.25) is 0 Å². The molecule has 19 heavy (non-hydrogen) atoms. The molecule has 7 nitrogen and oxygen atoms in total. The zero-order valence-corrected chi connectivity index (χ0v) is 13.2. The Kier molecular flexibility index (Phi) is 6.90. The Morgan fingerprint density at radius 2 is 1.89 bits per heavy atom. The number of nitrogens with zero attached hydrogens (tertiary/aromatic N) is 1. The topological polar surface area (TPSA) is 72.1 Å². The Morgan fingerprint density at radius 3 is 2.32 bits per heavy atom. The van der Waals surface area contributed by atoms with Gasteiger partial charge in [-0.3, -0.25) is 9.36 Å². The number of amides is 1. The average molecular weight is 291 g/mol. The van der Waals surface area contributed by atoms with Gasteiger partial charge in [-0.1, -0.05) is 6.92 Å². The normalized spacial score (nSPS) is 20.3. The number of carbonyl (C=O) groups is 1. The van der Waals surface area contributed by atoms with Crippen LogP contribution in [0, 0.1) is 0 Å². The van der Waals surface area contributed by atoms with E-state index >= 15 is 0 Å². The Bertz CT molecular complexity index is 275. The highest BCUT2D eigenvalue weighted by Crippen LogP contribution is 2.15. The van der Waals surface area contributed by atoms with Crippen LogP contribution in [0.5, 0.6) is 0 Å². The van der Waals surface area contributed by atoms with Crippen molar-refractivity contribution in [3.63, 3.8) is 0 Å². The number of carbonyl (C=O) groups excluding carboxylic acids is 1. The molecule has 1 rings (SSSR count). The lowest BCUT2D eigenvalue weighted by Gasteiger charge is -2.38. The van der Waals surface area contributed by atoms with E-state index in [1.54, 1.807) is 4.57 Å². The molecule has 0 aromatic rings. The largest absolute Gasteiger partial charge is 0.635 e. The highest BCUT2D eigenvalue weighted by atomic mass is 28.4. The minimum atomic E-state index is -3.10. The van der Waals surface area contributed by atoms with Crippen molar-refractivity contribution in [3.05, 3.63) is 0 Å². The number of piperazine rings is 1. The molecule has 0 saturated carbocycles. The van der Waals surface area contributed by atoms with Gasteiger partial charge in [0.2, 0.25) is 5.91 Å². The molecule has 1 heterocycles. The molecule has 0 aromatic heterocycles. The van der Waals surface area contributed by atoms with Crippen LogP contribution in [-0.2, 0) is 18.1 Å². The number of nitrogens with one attached hydrogen (secondary N) is 2. The second-order valence-corrected chi connectivity index (χ2v) is 7.15. The zero-order chi connectivity index (χ0) is 14.3. The maximum absolute atomic E-state index is 12.6. The summed E-state index contributed by atoms with van der Waals surface area (Å²) in [5.74, 6) is -0.0359. The van der Waals surface area contributed by atoms with E-state index in [1.807, 2.05) is 6.92 Å². The van der Waals surface area contributed by atoms with Crippen LogP contribution in [0.4, 0.5) is 0 Å². The summed E-state index contributed by atoms with van der Waals surface area (Å²) in [5, 5.41) is 6.41. The highest BCUT2D eigenvalue weighted by molar-refractivity contribution is 6.60. The lowest BCUT2D eigenvalue weighted by molar-refractivity contribution is -0.133. The maximum Gasteiger partial charge on any atom is 0.635 e. The first-order valence-electron chi connectivity index (χ1n) is 6.56. The van der Waals surface area contributed by atoms with Crippen molar-refractivity contribution in [2.75, 3.05) is 47.5 Å². The van der Waals surface area contributed by atoms with Crippen molar-refractivity contribution in [3.8, 4) is 0 Å². The van der Waals surface area contributed by atoms with Gasteiger partial charge in [-0.15, -0.1) is 0 Å². The van der Waals surface area contributed by atoms with Crippen molar-refractivity contribution >= 4 is 14.9 Å². The predicted molar refractivity (Wildman–Crippen MR) is 73.4 cm³/mol. The van der Waals surface area contributed by atoms with Crippen LogP contribution in [0.1, 0.15) is 13.3 Å². The van der Waals surface area contributed by atoms with Gasteiger partial charge >= 0.3 is 8.97 Å². The quantitative estimate of drug-likeness (QED) is 0.596. The standard InChI is InChI=1S/C11H25N3O4Si/c1-5-8-14(19(16-2,17-3)18-4)11(15)10-9-12-6-7-13-10/h10,12-13H,5-9H2,1-4H3. The van der Waals surface area contributed by atoms with Gasteiger partial charge in [0.05, 0.1) is 6.04 Å². The molecule has 2 N–H and O–H groups in total. The van der Waals surface area contributed by atoms with Crippen molar-refractivity contribution in [2.24, 2.45) is 0 Å². The molecule has 112 valence electrons. The molecule has 1 unspecified atom stereocenters. The molecule has 1 saturated heterocycles. The number of hydrogen-bond donors (Lipinski definition) is 2. The lowest BCUT2D eigenvalue weighted by Crippen LogP contribution is -2.67. The van der Waals surface area contributed by atoms with Gasteiger partial charge in [0, 0.05) is 47.5 Å². The minimum absolute atomic E-state index is 0.0359. The molecule has 1 fully saturated rings. The van der Waals surface area contributed by atoms with E-state index < -0.39 is 8.97 Å². The summed E-state index contributed by atoms with van der Waals surface area (Å²) < 4.78 is 17.9. The van der Waals surface area contributed by atoms with Crippen molar-refractivity contribution in [1.82, 2.24) is 15.2 Å². The van der Waals surface area contributed by atoms with Gasteiger partial charge in [-0.2, -0.15) is 0 Å². The monoisotopic (exact) mass is 291 g/mol. The fraction of sp³-hybridized carbons (Fsp3) is 0.909. The molecule has 8 heteroatoms. The maximum atomic E-state index is 12.6. The zero-order valence-electron chi connectivity index (χ0n) is 12.2. The van der Waals surface area contributed by atoms with Crippen LogP contribution < -0.4 is 10.6 Å². The summed E-state index contributed by atoms with van der Waals surface area (Å²) in [6.07, 6.45) is 0.816. The third-order valence-electron chi connectivity index (χ3n) is 3.16. The van der Waals surface area contributed by atoms with E-state index in [1.165, 1.54) is 21.3 Å². The fourth-order valence-electron chi connectivity index (χ4n) is 2.20. The summed E-state index contributed by atoms with van der Waals surface area (Å²) >= 11 is 0. The van der Waals surface area contributed by atoms with E-state index in [0.29, 0.717) is 13.1 Å². The molecule has 0 radical (unpaired) electrons. The summed E-state index contributed by atoms with van der Waals surface area (Å²) in [6.45, 7) is 4.82. The summed E-state index contributed by atoms with van der Waals surface area (Å²) in [6, 6.07) is -0.257. The Hall–Kier alpha value is -0.513. The van der Waals surface area contributed by atoms with Crippen molar-refractivity contribution in [1.29, 1.82) is 0 Å². The van der Waals surface area contributed by atoms with Gasteiger partial charge in [0.25, 0.3) is 0 Å². The SMILES string of the molecule is CCCN(C(=O)C1CNCCN1)[Si](OC)(OC)OC. The molecular formula is C11H25N3O4Si. The van der Waals surface area contributed by atoms with Gasteiger partial charge in [0.1, 0.15) is 0 Å². The van der Waals surface area contributed by atoms with Gasteiger partial charge in [-0.05, 0) is 6.42 Å². The minimum Gasteiger partial charge on any atom is -0.360 e. The fourth-order valence-corrected chi connectivity index (χ4v) is 4.29. The lowest BCUT2D eigenvalue weighted by atomic mass is 10.2. The molecule has 1 amide bonds. The van der Waals surface area contributed by atoms with Crippen LogP contribution in [0.3, 0.4) is 0 Å². The van der Waals surface area contributed by atoms with Crippen LogP contribution in [0.15, 0.2) is 0 Å². The van der Waals surface area contributed by atoms with E-state index in [-0.39, 0.29) is 11.9 Å². The average Bonchev–Trinajstić information content (AvgIpc) is 2.48. The summed E-state index contributed by atoms with van der Waals surface area (Å²) in [7, 11) is 1.45. The number of hydrogen-bond acceptors (Lipinski definition) is 6. The first kappa shape index (κ1) is 16.5. The van der Waals surface area contributed by atoms with Gasteiger partial charge in [-0.25, -0.2) is 0 Å². The molecule has 1 aliphatic rings. The predicted octanol–water partition coefficient (Wildman–Crippen LogP) is -0.839. The van der Waals surface area contributed by atoms with Gasteiger partial charge in [0.15, 0.2) is 0 Å². The van der Waals surface area contributed by atoms with Crippen LogP contribution in [-0.4, -0.2) is 73.0 Å². The third-order valence-corrected chi connectivity index (χ3v) is 5.81. The smallest absolute Gasteiger partial charge is 0.360 e. The van der Waals surface area contributed by atoms with E-state index in [0.717, 1.165) is 19.5 Å². The molecular weight excluding hydrogens is 266 g/mol. The van der Waals surface area contributed by atoms with Crippen molar-refractivity contribution < 1.29 is 18.1 Å². The Labute approximate surface area is 116 Å². The third kappa shape index (κ3) is 3.74. The van der Waals surface area contributed by atoms with E-state index in [2.05, 4.69) is 10.6 Å². The van der Waals surface area contributed by atoms with E-state index in [9.17, 15) is 4.79 Å². The van der Waals surface area contributed by atoms with Crippen molar-refractivity contribution in [2.45, 2.75) is 19.4 Å². The summed E-state index contributed by atoms with van der Waals surface area (Å²) in [4.78, 5) is 12.6. The number of rotatable bonds is 7.